The van der Waals surface area contributed by atoms with Gasteiger partial charge in [-0.15, -0.1) is 11.3 Å². The quantitative estimate of drug-likeness (QED) is 0.797. The molecule has 98 valence electrons. The lowest BCUT2D eigenvalue weighted by atomic mass is 10.4. The Hall–Kier alpha value is -1.60. The molecule has 0 radical (unpaired) electrons. The van der Waals surface area contributed by atoms with Gasteiger partial charge in [-0.3, -0.25) is 9.20 Å². The van der Waals surface area contributed by atoms with Gasteiger partial charge in [0.05, 0.1) is 12.2 Å². The first-order chi connectivity index (χ1) is 9.13. The highest BCUT2D eigenvalue weighted by Crippen LogP contribution is 2.14. The van der Waals surface area contributed by atoms with Crippen LogP contribution in [0.3, 0.4) is 0 Å². The van der Waals surface area contributed by atoms with E-state index in [0.717, 1.165) is 15.1 Å². The third-order valence-electron chi connectivity index (χ3n) is 2.78. The van der Waals surface area contributed by atoms with Gasteiger partial charge >= 0.3 is 0 Å². The Morgan fingerprint density at radius 2 is 2.37 bits per heavy atom. The highest BCUT2D eigenvalue weighted by molar-refractivity contribution is 9.10. The predicted octanol–water partition coefficient (Wildman–Crippen LogP) is 2.43. The summed E-state index contributed by atoms with van der Waals surface area (Å²) in [5.41, 5.74) is 1.47. The van der Waals surface area contributed by atoms with E-state index in [4.69, 9.17) is 0 Å². The summed E-state index contributed by atoms with van der Waals surface area (Å²) in [6.45, 7) is 0.427. The molecule has 0 unspecified atom stereocenters. The van der Waals surface area contributed by atoms with Crippen molar-refractivity contribution in [1.82, 2.24) is 19.3 Å². The standard InChI is InChI=1S/C12H11BrN4OS/c1-16-6-8(13)4-10(16)11(18)14-5-9-7-17-2-3-19-12(17)15-9/h2-4,6-7H,5H2,1H3,(H,14,18). The molecule has 5 nitrogen and oxygen atoms in total. The second-order valence-corrected chi connectivity index (χ2v) is 5.95. The first-order valence-electron chi connectivity index (χ1n) is 5.64. The number of carbonyl (C=O) groups is 1. The number of hydrogen-bond donors (Lipinski definition) is 1. The van der Waals surface area contributed by atoms with Crippen LogP contribution in [0.1, 0.15) is 16.2 Å². The summed E-state index contributed by atoms with van der Waals surface area (Å²) in [6.07, 6.45) is 5.72. The van der Waals surface area contributed by atoms with E-state index in [1.807, 2.05) is 35.4 Å². The van der Waals surface area contributed by atoms with E-state index in [9.17, 15) is 4.79 Å². The van der Waals surface area contributed by atoms with Crippen molar-refractivity contribution in [1.29, 1.82) is 0 Å². The average Bonchev–Trinajstić information content (AvgIpc) is 3.00. The van der Waals surface area contributed by atoms with Crippen molar-refractivity contribution < 1.29 is 4.79 Å². The summed E-state index contributed by atoms with van der Waals surface area (Å²) >= 11 is 4.92. The van der Waals surface area contributed by atoms with Gasteiger partial charge in [0.2, 0.25) is 0 Å². The molecule has 0 aromatic carbocycles. The third-order valence-corrected chi connectivity index (χ3v) is 3.98. The molecule has 3 rings (SSSR count). The lowest BCUT2D eigenvalue weighted by Gasteiger charge is -2.03. The molecule has 0 spiro atoms. The highest BCUT2D eigenvalue weighted by atomic mass is 79.9. The number of nitrogens with one attached hydrogen (secondary N) is 1. The van der Waals surface area contributed by atoms with Crippen molar-refractivity contribution in [2.45, 2.75) is 6.54 Å². The van der Waals surface area contributed by atoms with E-state index in [1.54, 1.807) is 22.0 Å². The minimum atomic E-state index is -0.107. The number of halogens is 1. The van der Waals surface area contributed by atoms with Crippen LogP contribution in [0.25, 0.3) is 4.96 Å². The summed E-state index contributed by atoms with van der Waals surface area (Å²) in [7, 11) is 1.84. The Kier molecular flexibility index (Phi) is 3.16. The zero-order valence-electron chi connectivity index (χ0n) is 10.1. The van der Waals surface area contributed by atoms with E-state index >= 15 is 0 Å². The molecule has 0 saturated carbocycles. The number of hydrogen-bond acceptors (Lipinski definition) is 3. The van der Waals surface area contributed by atoms with Crippen molar-refractivity contribution in [2.75, 3.05) is 0 Å². The SMILES string of the molecule is Cn1cc(Br)cc1C(=O)NCc1cn2ccsc2n1. The van der Waals surface area contributed by atoms with Crippen molar-refractivity contribution in [3.63, 3.8) is 0 Å². The zero-order chi connectivity index (χ0) is 13.4. The van der Waals surface area contributed by atoms with Crippen molar-refractivity contribution in [3.8, 4) is 0 Å². The molecular weight excluding hydrogens is 328 g/mol. The van der Waals surface area contributed by atoms with E-state index < -0.39 is 0 Å². The van der Waals surface area contributed by atoms with E-state index in [-0.39, 0.29) is 5.91 Å². The third kappa shape index (κ3) is 2.43. The molecule has 0 fully saturated rings. The first kappa shape index (κ1) is 12.4. The van der Waals surface area contributed by atoms with Crippen LogP contribution in [0.4, 0.5) is 0 Å². The molecule has 19 heavy (non-hydrogen) atoms. The average molecular weight is 339 g/mol. The fourth-order valence-electron chi connectivity index (χ4n) is 1.87. The van der Waals surface area contributed by atoms with Gasteiger partial charge in [-0.05, 0) is 22.0 Å². The summed E-state index contributed by atoms with van der Waals surface area (Å²) in [4.78, 5) is 17.4. The van der Waals surface area contributed by atoms with Crippen molar-refractivity contribution in [3.05, 3.63) is 45.9 Å². The largest absolute Gasteiger partial charge is 0.345 e. The Bertz CT molecular complexity index is 713. The van der Waals surface area contributed by atoms with Crippen LogP contribution in [0.5, 0.6) is 0 Å². The van der Waals surface area contributed by atoms with Crippen LogP contribution in [0, 0.1) is 0 Å². The second kappa shape index (κ2) is 4.82. The number of amides is 1. The molecule has 1 amide bonds. The smallest absolute Gasteiger partial charge is 0.268 e. The molecule has 3 aromatic rings. The maximum Gasteiger partial charge on any atom is 0.268 e. The number of aryl methyl sites for hydroxylation is 1. The van der Waals surface area contributed by atoms with Gasteiger partial charge in [-0.25, -0.2) is 4.98 Å². The van der Waals surface area contributed by atoms with Gasteiger partial charge in [0.15, 0.2) is 4.96 Å². The summed E-state index contributed by atoms with van der Waals surface area (Å²) in [6, 6.07) is 1.79. The van der Waals surface area contributed by atoms with E-state index in [0.29, 0.717) is 12.2 Å². The Balaban J connectivity index is 1.70. The Labute approximate surface area is 122 Å². The number of aromatic nitrogens is 3. The molecule has 3 aromatic heterocycles. The molecule has 1 N–H and O–H groups in total. The number of imidazole rings is 1. The van der Waals surface area contributed by atoms with E-state index in [2.05, 4.69) is 26.2 Å². The van der Waals surface area contributed by atoms with Gasteiger partial charge in [0, 0.05) is 35.5 Å². The van der Waals surface area contributed by atoms with Gasteiger partial charge in [-0.1, -0.05) is 0 Å². The first-order valence-corrected chi connectivity index (χ1v) is 7.32. The molecule has 7 heteroatoms. The van der Waals surface area contributed by atoms with Crippen LogP contribution in [-0.2, 0) is 13.6 Å². The van der Waals surface area contributed by atoms with Crippen LogP contribution in [-0.4, -0.2) is 19.9 Å². The highest BCUT2D eigenvalue weighted by Gasteiger charge is 2.11. The minimum absolute atomic E-state index is 0.107. The topological polar surface area (TPSA) is 51.3 Å². The zero-order valence-corrected chi connectivity index (χ0v) is 12.5. The van der Waals surface area contributed by atoms with Crippen LogP contribution >= 0.6 is 27.3 Å². The molecular formula is C12H11BrN4OS. The Morgan fingerprint density at radius 1 is 1.53 bits per heavy atom. The minimum Gasteiger partial charge on any atom is -0.345 e. The molecule has 0 bridgehead atoms. The van der Waals surface area contributed by atoms with E-state index in [1.165, 1.54) is 0 Å². The second-order valence-electron chi connectivity index (χ2n) is 4.16. The molecule has 0 aliphatic rings. The number of rotatable bonds is 3. The Morgan fingerprint density at radius 3 is 3.05 bits per heavy atom. The number of nitrogens with zero attached hydrogens (tertiary/aromatic N) is 3. The van der Waals surface area contributed by atoms with Gasteiger partial charge < -0.3 is 9.88 Å². The summed E-state index contributed by atoms with van der Waals surface area (Å²) in [5, 5.41) is 4.85. The summed E-state index contributed by atoms with van der Waals surface area (Å²) in [5.74, 6) is -0.107. The molecule has 3 heterocycles. The van der Waals surface area contributed by atoms with Crippen LogP contribution in [0.2, 0.25) is 0 Å². The maximum atomic E-state index is 12.0. The molecule has 0 saturated heterocycles. The van der Waals surface area contributed by atoms with Gasteiger partial charge in [0.1, 0.15) is 5.69 Å². The normalized spacial score (nSPS) is 11.1. The fraction of sp³-hybridized carbons (Fsp3) is 0.167. The lowest BCUT2D eigenvalue weighted by molar-refractivity contribution is 0.0942. The molecule has 0 aliphatic heterocycles. The number of carbonyl (C=O) groups excluding carboxylic acids is 1. The monoisotopic (exact) mass is 338 g/mol. The number of fused-ring (bicyclic) bond motifs is 1. The molecule has 0 atom stereocenters. The maximum absolute atomic E-state index is 12.0. The summed E-state index contributed by atoms with van der Waals surface area (Å²) < 4.78 is 4.62. The molecule has 0 aliphatic carbocycles. The van der Waals surface area contributed by atoms with Crippen LogP contribution in [0.15, 0.2) is 34.5 Å². The predicted molar refractivity (Wildman–Crippen MR) is 77.4 cm³/mol. The van der Waals surface area contributed by atoms with Gasteiger partial charge in [0.25, 0.3) is 5.91 Å². The van der Waals surface area contributed by atoms with Crippen molar-refractivity contribution >= 4 is 38.1 Å². The van der Waals surface area contributed by atoms with Gasteiger partial charge in [-0.2, -0.15) is 0 Å². The fourth-order valence-corrected chi connectivity index (χ4v) is 3.12. The van der Waals surface area contributed by atoms with Crippen LogP contribution < -0.4 is 5.32 Å². The number of thiazole rings is 1. The van der Waals surface area contributed by atoms with Crippen molar-refractivity contribution in [2.24, 2.45) is 7.05 Å². The lowest BCUT2D eigenvalue weighted by Crippen LogP contribution is -2.24.